The van der Waals surface area contributed by atoms with Gasteiger partial charge in [0.25, 0.3) is 10.0 Å². The summed E-state index contributed by atoms with van der Waals surface area (Å²) in [4.78, 5) is 30.1. The maximum atomic E-state index is 14.7. The molecule has 0 aliphatic heterocycles. The van der Waals surface area contributed by atoms with E-state index < -0.39 is 40.0 Å². The second-order valence-electron chi connectivity index (χ2n) is 12.2. The number of nitrogens with zero attached hydrogens (tertiary/aromatic N) is 2. The summed E-state index contributed by atoms with van der Waals surface area (Å²) in [6, 6.07) is 26.1. The van der Waals surface area contributed by atoms with Gasteiger partial charge in [-0.2, -0.15) is 0 Å². The molecule has 0 aliphatic carbocycles. The molecule has 8 nitrogen and oxygen atoms in total. The topological polar surface area (TPSA) is 96.0 Å². The number of aryl methyl sites for hydroxylation is 1. The van der Waals surface area contributed by atoms with Gasteiger partial charge in [-0.15, -0.1) is 0 Å². The molecule has 4 aromatic rings. The highest BCUT2D eigenvalue weighted by Gasteiger charge is 2.36. The molecule has 4 aromatic carbocycles. The van der Waals surface area contributed by atoms with Gasteiger partial charge in [-0.05, 0) is 69.7 Å². The summed E-state index contributed by atoms with van der Waals surface area (Å²) in [6.45, 7) is 6.62. The third kappa shape index (κ3) is 9.28. The fourth-order valence-electron chi connectivity index (χ4n) is 4.99. The van der Waals surface area contributed by atoms with Crippen molar-refractivity contribution < 1.29 is 22.7 Å². The number of amides is 2. The van der Waals surface area contributed by atoms with Gasteiger partial charge in [0.2, 0.25) is 11.8 Å². The van der Waals surface area contributed by atoms with E-state index >= 15 is 0 Å². The zero-order valence-corrected chi connectivity index (χ0v) is 29.4. The molecule has 4 rings (SSSR count). The predicted molar refractivity (Wildman–Crippen MR) is 188 cm³/mol. The number of rotatable bonds is 12. The number of nitrogens with one attached hydrogen (secondary N) is 1. The quantitative estimate of drug-likeness (QED) is 0.171. The monoisotopic (exact) mass is 695 g/mol. The van der Waals surface area contributed by atoms with Crippen molar-refractivity contribution in [2.75, 3.05) is 18.0 Å². The van der Waals surface area contributed by atoms with Crippen LogP contribution in [0.3, 0.4) is 0 Å². The Labute approximate surface area is 287 Å². The van der Waals surface area contributed by atoms with Gasteiger partial charge < -0.3 is 15.0 Å². The van der Waals surface area contributed by atoms with E-state index in [1.165, 1.54) is 24.1 Å². The van der Waals surface area contributed by atoms with Crippen LogP contribution in [-0.2, 0) is 32.6 Å². The molecule has 0 radical (unpaired) electrons. The molecule has 0 heterocycles. The number of carbonyl (C=O) groups excluding carboxylic acids is 2. The number of methoxy groups -OCH3 is 1. The number of anilines is 1. The van der Waals surface area contributed by atoms with Crippen LogP contribution in [0.2, 0.25) is 10.0 Å². The molecule has 0 aromatic heterocycles. The SMILES string of the molecule is COc1cccc(N(CC(=O)N(Cc2c(Cl)cccc2Cl)[C@@H](Cc2ccccc2)C(=O)NC(C)(C)C)S(=O)(=O)c2ccc(C)cc2)c1. The van der Waals surface area contributed by atoms with Gasteiger partial charge in [0.05, 0.1) is 17.7 Å². The molecule has 0 saturated heterocycles. The van der Waals surface area contributed by atoms with E-state index in [4.69, 9.17) is 27.9 Å². The third-order valence-corrected chi connectivity index (χ3v) is 9.88. The lowest BCUT2D eigenvalue weighted by Gasteiger charge is -2.35. The van der Waals surface area contributed by atoms with Crippen LogP contribution < -0.4 is 14.4 Å². The van der Waals surface area contributed by atoms with Gasteiger partial charge in [0, 0.05) is 40.2 Å². The van der Waals surface area contributed by atoms with Crippen molar-refractivity contribution in [2.24, 2.45) is 0 Å². The van der Waals surface area contributed by atoms with Crippen LogP contribution in [0.1, 0.15) is 37.5 Å². The highest BCUT2D eigenvalue weighted by Crippen LogP contribution is 2.30. The van der Waals surface area contributed by atoms with E-state index in [1.807, 2.05) is 58.0 Å². The first-order valence-corrected chi connectivity index (χ1v) is 17.2. The number of benzene rings is 4. The summed E-state index contributed by atoms with van der Waals surface area (Å²) in [5.41, 5.74) is 1.71. The minimum absolute atomic E-state index is 0.00530. The molecule has 0 bridgehead atoms. The largest absolute Gasteiger partial charge is 0.497 e. The van der Waals surface area contributed by atoms with Gasteiger partial charge >= 0.3 is 0 Å². The molecule has 0 unspecified atom stereocenters. The number of halogens is 2. The number of carbonyl (C=O) groups is 2. The van der Waals surface area contributed by atoms with Crippen LogP contribution >= 0.6 is 23.2 Å². The van der Waals surface area contributed by atoms with Gasteiger partial charge in [-0.25, -0.2) is 8.42 Å². The molecule has 1 N–H and O–H groups in total. The van der Waals surface area contributed by atoms with Crippen molar-refractivity contribution in [2.45, 2.75) is 57.1 Å². The lowest BCUT2D eigenvalue weighted by Crippen LogP contribution is -2.56. The lowest BCUT2D eigenvalue weighted by atomic mass is 10.0. The van der Waals surface area contributed by atoms with Crippen molar-refractivity contribution in [3.05, 3.63) is 124 Å². The Kier molecular flexibility index (Phi) is 11.6. The van der Waals surface area contributed by atoms with Crippen molar-refractivity contribution in [3.63, 3.8) is 0 Å². The Bertz CT molecular complexity index is 1790. The van der Waals surface area contributed by atoms with Gasteiger partial charge in [-0.1, -0.05) is 83.4 Å². The third-order valence-electron chi connectivity index (χ3n) is 7.39. The van der Waals surface area contributed by atoms with E-state index in [-0.39, 0.29) is 23.5 Å². The number of hydrogen-bond acceptors (Lipinski definition) is 5. The molecule has 0 saturated carbocycles. The summed E-state index contributed by atoms with van der Waals surface area (Å²) in [6.07, 6.45) is 0.153. The molecule has 11 heteroatoms. The van der Waals surface area contributed by atoms with E-state index in [2.05, 4.69) is 5.32 Å². The second-order valence-corrected chi connectivity index (χ2v) is 14.9. The van der Waals surface area contributed by atoms with Crippen LogP contribution in [0, 0.1) is 6.92 Å². The first-order chi connectivity index (χ1) is 22.2. The Hall–Kier alpha value is -4.05. The first-order valence-electron chi connectivity index (χ1n) is 15.0. The number of ether oxygens (including phenoxy) is 1. The van der Waals surface area contributed by atoms with E-state index in [1.54, 1.807) is 54.6 Å². The van der Waals surface area contributed by atoms with Crippen LogP contribution in [0.15, 0.2) is 102 Å². The van der Waals surface area contributed by atoms with Crippen molar-refractivity contribution in [3.8, 4) is 5.75 Å². The second kappa shape index (κ2) is 15.2. The Balaban J connectivity index is 1.87. The zero-order chi connectivity index (χ0) is 34.4. The maximum Gasteiger partial charge on any atom is 0.264 e. The molecule has 47 heavy (non-hydrogen) atoms. The molecule has 0 spiro atoms. The summed E-state index contributed by atoms with van der Waals surface area (Å²) >= 11 is 13.2. The average Bonchev–Trinajstić information content (AvgIpc) is 3.02. The smallest absolute Gasteiger partial charge is 0.264 e. The standard InChI is InChI=1S/C36H39Cl2N3O5S/c1-25-17-19-29(20-18-25)47(44,45)41(27-13-9-14-28(22-27)46-5)24-34(42)40(23-30-31(37)15-10-16-32(30)38)33(35(43)39-36(2,3)4)21-26-11-7-6-8-12-26/h6-20,22,33H,21,23-24H2,1-5H3,(H,39,43)/t33-/m0/s1. The Morgan fingerprint density at radius 2 is 1.49 bits per heavy atom. The summed E-state index contributed by atoms with van der Waals surface area (Å²) < 4.78 is 34.9. The highest BCUT2D eigenvalue weighted by molar-refractivity contribution is 7.92. The van der Waals surface area contributed by atoms with Crippen molar-refractivity contribution in [1.82, 2.24) is 10.2 Å². The summed E-state index contributed by atoms with van der Waals surface area (Å²) in [7, 11) is -2.80. The Morgan fingerprint density at radius 1 is 0.872 bits per heavy atom. The minimum atomic E-state index is -4.27. The fraction of sp³-hybridized carbons (Fsp3) is 0.278. The van der Waals surface area contributed by atoms with Crippen LogP contribution in [0.4, 0.5) is 5.69 Å². The summed E-state index contributed by atoms with van der Waals surface area (Å²) in [5, 5.41) is 3.62. The Morgan fingerprint density at radius 3 is 2.09 bits per heavy atom. The van der Waals surface area contributed by atoms with Crippen LogP contribution in [0.5, 0.6) is 5.75 Å². The maximum absolute atomic E-state index is 14.7. The van der Waals surface area contributed by atoms with Gasteiger partial charge in [0.1, 0.15) is 18.3 Å². The molecular weight excluding hydrogens is 657 g/mol. The van der Waals surface area contributed by atoms with E-state index in [0.717, 1.165) is 15.4 Å². The predicted octanol–water partition coefficient (Wildman–Crippen LogP) is 7.06. The minimum Gasteiger partial charge on any atom is -0.497 e. The fourth-order valence-corrected chi connectivity index (χ4v) is 6.92. The highest BCUT2D eigenvalue weighted by atomic mass is 35.5. The number of hydrogen-bond donors (Lipinski definition) is 1. The van der Waals surface area contributed by atoms with Crippen molar-refractivity contribution in [1.29, 1.82) is 0 Å². The van der Waals surface area contributed by atoms with E-state index in [9.17, 15) is 18.0 Å². The van der Waals surface area contributed by atoms with E-state index in [0.29, 0.717) is 21.4 Å². The lowest BCUT2D eigenvalue weighted by molar-refractivity contribution is -0.140. The van der Waals surface area contributed by atoms with Crippen LogP contribution in [-0.4, -0.2) is 50.4 Å². The molecule has 248 valence electrons. The zero-order valence-electron chi connectivity index (χ0n) is 27.0. The number of sulfonamides is 1. The molecule has 0 aliphatic rings. The average molecular weight is 697 g/mol. The van der Waals surface area contributed by atoms with Gasteiger partial charge in [0.15, 0.2) is 0 Å². The van der Waals surface area contributed by atoms with Gasteiger partial charge in [-0.3, -0.25) is 13.9 Å². The van der Waals surface area contributed by atoms with Crippen molar-refractivity contribution >= 4 is 50.7 Å². The first kappa shape index (κ1) is 35.8. The van der Waals surface area contributed by atoms with Crippen LogP contribution in [0.25, 0.3) is 0 Å². The molecular formula is C36H39Cl2N3O5S. The molecule has 1 atom stereocenters. The molecule has 2 amide bonds. The normalized spacial score (nSPS) is 12.2. The molecule has 0 fully saturated rings. The summed E-state index contributed by atoms with van der Waals surface area (Å²) in [5.74, 6) is -0.637.